The van der Waals surface area contributed by atoms with E-state index < -0.39 is 0 Å². The molecule has 2 saturated heterocycles. The summed E-state index contributed by atoms with van der Waals surface area (Å²) >= 11 is 0. The molecule has 2 rings (SSSR count). The number of hydrogen-bond acceptors (Lipinski definition) is 1. The zero-order valence-corrected chi connectivity index (χ0v) is 8.18. The molecule has 0 aromatic carbocycles. The van der Waals surface area contributed by atoms with Crippen molar-refractivity contribution in [2.45, 2.75) is 25.7 Å². The lowest BCUT2D eigenvalue weighted by Gasteiger charge is -2.42. The summed E-state index contributed by atoms with van der Waals surface area (Å²) in [5, 5.41) is 2.48. The summed E-state index contributed by atoms with van der Waals surface area (Å²) in [7, 11) is 2.25. The number of nitrogens with zero attached hydrogens (tertiary/aromatic N) is 1. The molecule has 1 spiro atoms. The predicted octanol–water partition coefficient (Wildman–Crippen LogP) is 0.0556. The molecule has 0 radical (unpaired) electrons. The molecule has 2 heteroatoms. The molecular weight excluding hydrogens is 148 g/mol. The van der Waals surface area contributed by atoms with Crippen LogP contribution in [0.15, 0.2) is 0 Å². The fraction of sp³-hybridized carbons (Fsp3) is 1.00. The molecule has 2 N–H and O–H groups in total. The molecule has 0 saturated carbocycles. The summed E-state index contributed by atoms with van der Waals surface area (Å²) in [4.78, 5) is 2.48. The minimum absolute atomic E-state index is 0.765. The van der Waals surface area contributed by atoms with Crippen LogP contribution < -0.4 is 5.32 Å². The first-order valence-electron chi connectivity index (χ1n) is 5.31. The second kappa shape index (κ2) is 3.35. The van der Waals surface area contributed by atoms with Crippen molar-refractivity contribution < 1.29 is 5.32 Å². The molecule has 2 heterocycles. The van der Waals surface area contributed by atoms with Crippen LogP contribution in [0.4, 0.5) is 0 Å². The van der Waals surface area contributed by atoms with Gasteiger partial charge >= 0.3 is 0 Å². The van der Waals surface area contributed by atoms with Crippen molar-refractivity contribution >= 4 is 0 Å². The first-order valence-corrected chi connectivity index (χ1v) is 5.31. The van der Waals surface area contributed by atoms with Gasteiger partial charge in [0.2, 0.25) is 0 Å². The normalized spacial score (nSPS) is 30.8. The summed E-state index contributed by atoms with van der Waals surface area (Å²) in [6.45, 7) is 5.42. The molecule has 2 fully saturated rings. The summed E-state index contributed by atoms with van der Waals surface area (Å²) in [5.74, 6) is 0. The van der Waals surface area contributed by atoms with Crippen LogP contribution in [0.1, 0.15) is 25.7 Å². The number of hydrogen-bond donors (Lipinski definition) is 1. The minimum Gasteiger partial charge on any atom is -0.346 e. The van der Waals surface area contributed by atoms with Crippen LogP contribution in [0.2, 0.25) is 0 Å². The highest BCUT2D eigenvalue weighted by molar-refractivity contribution is 4.85. The summed E-state index contributed by atoms with van der Waals surface area (Å²) < 4.78 is 0. The maximum atomic E-state index is 2.48. The van der Waals surface area contributed by atoms with E-state index in [2.05, 4.69) is 17.3 Å². The van der Waals surface area contributed by atoms with E-state index in [0.717, 1.165) is 5.41 Å². The predicted molar refractivity (Wildman–Crippen MR) is 50.1 cm³/mol. The Kier molecular flexibility index (Phi) is 2.37. The van der Waals surface area contributed by atoms with Gasteiger partial charge in [-0.1, -0.05) is 0 Å². The fourth-order valence-corrected chi connectivity index (χ4v) is 2.68. The van der Waals surface area contributed by atoms with E-state index in [1.165, 1.54) is 51.9 Å². The Morgan fingerprint density at radius 1 is 1.00 bits per heavy atom. The number of rotatable bonds is 0. The van der Waals surface area contributed by atoms with Crippen molar-refractivity contribution in [1.29, 1.82) is 0 Å². The second-order valence-electron chi connectivity index (χ2n) is 4.67. The van der Waals surface area contributed by atoms with E-state index in [0.29, 0.717) is 0 Å². The molecule has 0 atom stereocenters. The molecule has 0 aromatic heterocycles. The molecule has 0 amide bonds. The summed E-state index contributed by atoms with van der Waals surface area (Å²) in [6, 6.07) is 0. The number of nitrogens with two attached hydrogens (primary N) is 1. The van der Waals surface area contributed by atoms with E-state index in [1.807, 2.05) is 0 Å². The molecular formula is C10H21N2+. The lowest BCUT2D eigenvalue weighted by atomic mass is 9.72. The standard InChI is InChI=1S/C10H20N2/c1-12-8-4-10(5-9-12)2-6-11-7-3-10/h11H,2-9H2,1H3/p+1. The molecule has 2 aliphatic rings. The molecule has 0 aliphatic carbocycles. The van der Waals surface area contributed by atoms with Crippen molar-refractivity contribution in [2.24, 2.45) is 5.41 Å². The third kappa shape index (κ3) is 1.64. The zero-order valence-electron chi connectivity index (χ0n) is 8.18. The van der Waals surface area contributed by atoms with Crippen molar-refractivity contribution in [3.63, 3.8) is 0 Å². The molecule has 12 heavy (non-hydrogen) atoms. The van der Waals surface area contributed by atoms with Crippen LogP contribution in [0.25, 0.3) is 0 Å². The molecule has 70 valence electrons. The SMILES string of the molecule is CN1CCC2(CC[NH2+]CC2)CC1. The van der Waals surface area contributed by atoms with Gasteiger partial charge in [0.15, 0.2) is 0 Å². The van der Waals surface area contributed by atoms with Crippen LogP contribution in [-0.4, -0.2) is 38.1 Å². The van der Waals surface area contributed by atoms with Gasteiger partial charge in [-0.15, -0.1) is 0 Å². The van der Waals surface area contributed by atoms with Crippen LogP contribution >= 0.6 is 0 Å². The topological polar surface area (TPSA) is 19.9 Å². The number of piperidine rings is 2. The van der Waals surface area contributed by atoms with E-state index in [9.17, 15) is 0 Å². The van der Waals surface area contributed by atoms with Crippen LogP contribution in [0.5, 0.6) is 0 Å². The second-order valence-corrected chi connectivity index (χ2v) is 4.67. The Hall–Kier alpha value is -0.0800. The lowest BCUT2D eigenvalue weighted by Crippen LogP contribution is -2.87. The van der Waals surface area contributed by atoms with E-state index in [1.54, 1.807) is 0 Å². The highest BCUT2D eigenvalue weighted by Crippen LogP contribution is 2.37. The Bertz CT molecular complexity index is 140. The molecule has 2 nitrogen and oxygen atoms in total. The molecule has 0 bridgehead atoms. The molecule has 2 aliphatic heterocycles. The Labute approximate surface area is 75.3 Å². The Morgan fingerprint density at radius 3 is 2.17 bits per heavy atom. The minimum atomic E-state index is 0.765. The molecule has 0 unspecified atom stereocenters. The van der Waals surface area contributed by atoms with Crippen molar-refractivity contribution in [2.75, 3.05) is 33.2 Å². The van der Waals surface area contributed by atoms with Gasteiger partial charge in [0.05, 0.1) is 13.1 Å². The fourth-order valence-electron chi connectivity index (χ4n) is 2.68. The third-order valence-corrected chi connectivity index (χ3v) is 3.81. The van der Waals surface area contributed by atoms with Gasteiger partial charge < -0.3 is 10.2 Å². The first-order chi connectivity index (χ1) is 5.81. The quantitative estimate of drug-likeness (QED) is 0.543. The van der Waals surface area contributed by atoms with Crippen molar-refractivity contribution in [3.8, 4) is 0 Å². The maximum Gasteiger partial charge on any atom is 0.0760 e. The third-order valence-electron chi connectivity index (χ3n) is 3.81. The Balaban J connectivity index is 1.92. The van der Waals surface area contributed by atoms with E-state index >= 15 is 0 Å². The van der Waals surface area contributed by atoms with Crippen molar-refractivity contribution in [3.05, 3.63) is 0 Å². The van der Waals surface area contributed by atoms with Gasteiger partial charge in [-0.3, -0.25) is 0 Å². The van der Waals surface area contributed by atoms with Gasteiger partial charge in [0.1, 0.15) is 0 Å². The smallest absolute Gasteiger partial charge is 0.0760 e. The van der Waals surface area contributed by atoms with Gasteiger partial charge in [-0.2, -0.15) is 0 Å². The van der Waals surface area contributed by atoms with Gasteiger partial charge in [0.25, 0.3) is 0 Å². The van der Waals surface area contributed by atoms with Gasteiger partial charge in [-0.25, -0.2) is 0 Å². The average molecular weight is 169 g/mol. The highest BCUT2D eigenvalue weighted by Gasteiger charge is 2.35. The lowest BCUT2D eigenvalue weighted by molar-refractivity contribution is -0.668. The van der Waals surface area contributed by atoms with E-state index in [-0.39, 0.29) is 0 Å². The zero-order chi connectivity index (χ0) is 8.44. The largest absolute Gasteiger partial charge is 0.346 e. The number of likely N-dealkylation sites (tertiary alicyclic amines) is 1. The summed E-state index contributed by atoms with van der Waals surface area (Å²) in [5.41, 5.74) is 0.765. The van der Waals surface area contributed by atoms with E-state index in [4.69, 9.17) is 0 Å². The van der Waals surface area contributed by atoms with Crippen LogP contribution in [-0.2, 0) is 0 Å². The Morgan fingerprint density at radius 2 is 1.58 bits per heavy atom. The highest BCUT2D eigenvalue weighted by atomic mass is 15.1. The number of quaternary nitrogens is 1. The van der Waals surface area contributed by atoms with Gasteiger partial charge in [-0.05, 0) is 38.4 Å². The van der Waals surface area contributed by atoms with Crippen molar-refractivity contribution in [1.82, 2.24) is 4.90 Å². The monoisotopic (exact) mass is 169 g/mol. The maximum absolute atomic E-state index is 2.48. The van der Waals surface area contributed by atoms with Gasteiger partial charge in [0, 0.05) is 12.8 Å². The first kappa shape index (κ1) is 8.52. The summed E-state index contributed by atoms with van der Waals surface area (Å²) in [6.07, 6.45) is 5.86. The molecule has 0 aromatic rings. The van der Waals surface area contributed by atoms with Crippen LogP contribution in [0.3, 0.4) is 0 Å². The average Bonchev–Trinajstić information content (AvgIpc) is 2.13. The van der Waals surface area contributed by atoms with Crippen LogP contribution in [0, 0.1) is 5.41 Å².